The lowest BCUT2D eigenvalue weighted by Crippen LogP contribution is -2.06. The molecule has 3 aromatic rings. The van der Waals surface area contributed by atoms with Gasteiger partial charge in [0.15, 0.2) is 6.29 Å². The average molecular weight is 378 g/mol. The third kappa shape index (κ3) is 3.59. The summed E-state index contributed by atoms with van der Waals surface area (Å²) >= 11 is 0. The van der Waals surface area contributed by atoms with E-state index >= 15 is 0 Å². The van der Waals surface area contributed by atoms with Gasteiger partial charge >= 0.3 is 0 Å². The first-order chi connectivity index (χ1) is 13.5. The topological polar surface area (TPSA) is 74.6 Å². The van der Waals surface area contributed by atoms with Crippen molar-refractivity contribution in [2.75, 3.05) is 0 Å². The number of ketones is 1. The van der Waals surface area contributed by atoms with Crippen molar-refractivity contribution in [2.45, 2.75) is 46.0 Å². The second-order valence-electron chi connectivity index (χ2n) is 7.40. The minimum absolute atomic E-state index is 0.0773. The number of rotatable bonds is 8. The zero-order valence-electron chi connectivity index (χ0n) is 16.4. The summed E-state index contributed by atoms with van der Waals surface area (Å²) in [6.07, 6.45) is 5.22. The maximum atomic E-state index is 12.4. The zero-order valence-corrected chi connectivity index (χ0v) is 16.4. The lowest BCUT2D eigenvalue weighted by molar-refractivity contribution is -0.104. The van der Waals surface area contributed by atoms with Gasteiger partial charge in [-0.25, -0.2) is 0 Å². The molecule has 4 nitrogen and oxygen atoms in total. The summed E-state index contributed by atoms with van der Waals surface area (Å²) in [5, 5.41) is 23.7. The fourth-order valence-corrected chi connectivity index (χ4v) is 4.00. The van der Waals surface area contributed by atoms with Gasteiger partial charge in [-0.2, -0.15) is 0 Å². The lowest BCUT2D eigenvalue weighted by atomic mass is 9.88. The Hall–Kier alpha value is -2.88. The van der Waals surface area contributed by atoms with Gasteiger partial charge < -0.3 is 10.2 Å². The highest BCUT2D eigenvalue weighted by molar-refractivity contribution is 6.40. The summed E-state index contributed by atoms with van der Waals surface area (Å²) in [5.41, 5.74) is 0.813. The van der Waals surface area contributed by atoms with Crippen molar-refractivity contribution in [2.24, 2.45) is 5.92 Å². The molecule has 0 heterocycles. The van der Waals surface area contributed by atoms with E-state index in [-0.39, 0.29) is 28.7 Å². The van der Waals surface area contributed by atoms with Crippen LogP contribution in [0.5, 0.6) is 11.5 Å². The molecule has 0 aromatic heterocycles. The zero-order chi connectivity index (χ0) is 20.3. The molecule has 0 aliphatic rings. The predicted molar refractivity (Wildman–Crippen MR) is 112 cm³/mol. The number of phenols is 2. The van der Waals surface area contributed by atoms with Crippen molar-refractivity contribution in [3.8, 4) is 11.5 Å². The summed E-state index contributed by atoms with van der Waals surface area (Å²) in [6, 6.07) is 10.5. The van der Waals surface area contributed by atoms with Gasteiger partial charge in [0.05, 0.1) is 0 Å². The summed E-state index contributed by atoms with van der Waals surface area (Å²) in [4.78, 5) is 23.6. The van der Waals surface area contributed by atoms with E-state index in [2.05, 4.69) is 13.8 Å². The molecule has 0 fully saturated rings. The Bertz CT molecular complexity index is 1040. The van der Waals surface area contributed by atoms with E-state index in [1.165, 1.54) is 0 Å². The molecule has 0 amide bonds. The molecule has 0 saturated heterocycles. The molecule has 0 aliphatic carbocycles. The Kier molecular flexibility index (Phi) is 5.98. The van der Waals surface area contributed by atoms with E-state index < -0.39 is 5.78 Å². The maximum absolute atomic E-state index is 12.4. The van der Waals surface area contributed by atoms with Crippen LogP contribution in [-0.2, 0) is 11.2 Å². The summed E-state index contributed by atoms with van der Waals surface area (Å²) in [6.45, 7) is 4.29. The summed E-state index contributed by atoms with van der Waals surface area (Å²) in [7, 11) is 0. The fourth-order valence-electron chi connectivity index (χ4n) is 4.00. The average Bonchev–Trinajstić information content (AvgIpc) is 2.72. The third-order valence-electron chi connectivity index (χ3n) is 5.58. The standard InChI is InChI=1S/C24H26O4/c1-3-5-8-15(4-2)11-17-13-20(26)23-19(24(17)28)12-16-9-6-7-10-18(16)22(23)21(27)14-25/h6-7,9-10,12-15,26,28H,3-5,8,11H2,1-2H3. The Balaban J connectivity index is 2.25. The second kappa shape index (κ2) is 8.42. The molecule has 3 aromatic carbocycles. The number of aldehydes is 1. The predicted octanol–water partition coefficient (Wildman–Crippen LogP) is 5.54. The highest BCUT2D eigenvalue weighted by Gasteiger charge is 2.22. The lowest BCUT2D eigenvalue weighted by Gasteiger charge is -2.18. The second-order valence-corrected chi connectivity index (χ2v) is 7.40. The molecule has 28 heavy (non-hydrogen) atoms. The van der Waals surface area contributed by atoms with E-state index in [9.17, 15) is 19.8 Å². The quantitative estimate of drug-likeness (QED) is 0.177. The number of benzene rings is 3. The van der Waals surface area contributed by atoms with Crippen LogP contribution >= 0.6 is 0 Å². The molecule has 3 rings (SSSR count). The third-order valence-corrected chi connectivity index (χ3v) is 5.58. The van der Waals surface area contributed by atoms with Crippen molar-refractivity contribution in [1.82, 2.24) is 0 Å². The first-order valence-corrected chi connectivity index (χ1v) is 9.90. The largest absolute Gasteiger partial charge is 0.507 e. The smallest absolute Gasteiger partial charge is 0.226 e. The van der Waals surface area contributed by atoms with Gasteiger partial charge in [0.2, 0.25) is 5.78 Å². The normalized spacial score (nSPS) is 12.4. The molecule has 4 heteroatoms. The number of aromatic hydroxyl groups is 2. The number of hydrogen-bond donors (Lipinski definition) is 2. The Morgan fingerprint density at radius 3 is 2.54 bits per heavy atom. The van der Waals surface area contributed by atoms with Crippen molar-refractivity contribution in [1.29, 1.82) is 0 Å². The van der Waals surface area contributed by atoms with Crippen LogP contribution in [0.15, 0.2) is 36.4 Å². The summed E-state index contributed by atoms with van der Waals surface area (Å²) < 4.78 is 0. The van der Waals surface area contributed by atoms with Gasteiger partial charge in [0.1, 0.15) is 11.5 Å². The Morgan fingerprint density at radius 2 is 1.86 bits per heavy atom. The molecule has 2 N–H and O–H groups in total. The Labute approximate surface area is 164 Å². The number of phenolic OH excluding ortho intramolecular Hbond substituents is 2. The van der Waals surface area contributed by atoms with Crippen LogP contribution in [0.25, 0.3) is 21.5 Å². The molecule has 0 radical (unpaired) electrons. The van der Waals surface area contributed by atoms with Gasteiger partial charge in [-0.1, -0.05) is 63.8 Å². The van der Waals surface area contributed by atoms with Crippen LogP contribution in [0.4, 0.5) is 0 Å². The van der Waals surface area contributed by atoms with Gasteiger partial charge in [-0.15, -0.1) is 0 Å². The van der Waals surface area contributed by atoms with Gasteiger partial charge in [0, 0.05) is 16.3 Å². The highest BCUT2D eigenvalue weighted by atomic mass is 16.3. The van der Waals surface area contributed by atoms with E-state index in [1.54, 1.807) is 24.3 Å². The van der Waals surface area contributed by atoms with E-state index in [1.807, 2.05) is 12.1 Å². The molecular formula is C24H26O4. The highest BCUT2D eigenvalue weighted by Crippen LogP contribution is 2.42. The number of hydrogen-bond acceptors (Lipinski definition) is 4. The first kappa shape index (κ1) is 19.9. The van der Waals surface area contributed by atoms with Crippen molar-refractivity contribution in [3.63, 3.8) is 0 Å². The van der Waals surface area contributed by atoms with Crippen LogP contribution < -0.4 is 0 Å². The molecule has 1 unspecified atom stereocenters. The van der Waals surface area contributed by atoms with Crippen LogP contribution in [0.2, 0.25) is 0 Å². The SMILES string of the molecule is CCCCC(CC)Cc1cc(O)c2c(C(=O)C=O)c3ccccc3cc2c1O. The maximum Gasteiger partial charge on any atom is 0.226 e. The van der Waals surface area contributed by atoms with Crippen molar-refractivity contribution >= 4 is 33.6 Å². The first-order valence-electron chi connectivity index (χ1n) is 9.90. The van der Waals surface area contributed by atoms with E-state index in [0.29, 0.717) is 28.7 Å². The van der Waals surface area contributed by atoms with Gasteiger partial charge in [-0.3, -0.25) is 9.59 Å². The number of Topliss-reactive ketones (excluding diaryl/α,β-unsaturated/α-hetero) is 1. The number of fused-ring (bicyclic) bond motifs is 2. The number of carbonyl (C=O) groups excluding carboxylic acids is 2. The monoisotopic (exact) mass is 378 g/mol. The molecule has 0 aliphatic heterocycles. The van der Waals surface area contributed by atoms with Crippen LogP contribution in [0, 0.1) is 5.92 Å². The van der Waals surface area contributed by atoms with Crippen LogP contribution in [-0.4, -0.2) is 22.3 Å². The minimum Gasteiger partial charge on any atom is -0.507 e. The van der Waals surface area contributed by atoms with Gasteiger partial charge in [-0.05, 0) is 40.8 Å². The molecule has 0 bridgehead atoms. The number of carbonyl (C=O) groups is 2. The van der Waals surface area contributed by atoms with Crippen LogP contribution in [0.3, 0.4) is 0 Å². The number of unbranched alkanes of at least 4 members (excludes halogenated alkanes) is 1. The van der Waals surface area contributed by atoms with E-state index in [0.717, 1.165) is 31.1 Å². The summed E-state index contributed by atoms with van der Waals surface area (Å²) in [5.74, 6) is -0.296. The molecular weight excluding hydrogens is 352 g/mol. The van der Waals surface area contributed by atoms with Gasteiger partial charge in [0.25, 0.3) is 0 Å². The van der Waals surface area contributed by atoms with E-state index in [4.69, 9.17) is 0 Å². The minimum atomic E-state index is -0.710. The Morgan fingerprint density at radius 1 is 1.11 bits per heavy atom. The molecule has 146 valence electrons. The molecule has 1 atom stereocenters. The van der Waals surface area contributed by atoms with Crippen LogP contribution in [0.1, 0.15) is 55.5 Å². The van der Waals surface area contributed by atoms with Crippen molar-refractivity contribution < 1.29 is 19.8 Å². The molecule has 0 spiro atoms. The van der Waals surface area contributed by atoms with Crippen molar-refractivity contribution in [3.05, 3.63) is 47.5 Å². The molecule has 0 saturated carbocycles. The fraction of sp³-hybridized carbons (Fsp3) is 0.333.